The maximum Gasteiger partial charge on any atom is 0.317 e. The highest BCUT2D eigenvalue weighted by molar-refractivity contribution is 8.00. The molecule has 1 aliphatic carbocycles. The summed E-state index contributed by atoms with van der Waals surface area (Å²) < 4.78 is 31.7. The van der Waals surface area contributed by atoms with Gasteiger partial charge in [-0.25, -0.2) is 8.78 Å². The molecule has 1 aromatic rings. The highest BCUT2D eigenvalue weighted by atomic mass is 32.2. The number of rotatable bonds is 6. The van der Waals surface area contributed by atoms with Gasteiger partial charge < -0.3 is 10.1 Å². The Labute approximate surface area is 150 Å². The van der Waals surface area contributed by atoms with Crippen molar-refractivity contribution in [2.45, 2.75) is 62.5 Å². The molecule has 0 saturated heterocycles. The Morgan fingerprint density at radius 3 is 2.60 bits per heavy atom. The molecular weight excluding hydrogens is 348 g/mol. The zero-order chi connectivity index (χ0) is 18.2. The van der Waals surface area contributed by atoms with Crippen LogP contribution in [0.5, 0.6) is 0 Å². The molecule has 1 amide bonds. The summed E-state index contributed by atoms with van der Waals surface area (Å²) in [5.41, 5.74) is 0. The summed E-state index contributed by atoms with van der Waals surface area (Å²) in [5, 5.41) is 2.92. The fourth-order valence-electron chi connectivity index (χ4n) is 2.75. The molecule has 1 atom stereocenters. The molecule has 1 fully saturated rings. The van der Waals surface area contributed by atoms with Gasteiger partial charge in [-0.15, -0.1) is 11.8 Å². The van der Waals surface area contributed by atoms with Crippen molar-refractivity contribution in [2.75, 3.05) is 5.75 Å². The number of nitrogens with one attached hydrogen (secondary N) is 1. The van der Waals surface area contributed by atoms with Crippen LogP contribution in [0.4, 0.5) is 8.78 Å². The quantitative estimate of drug-likeness (QED) is 0.469. The largest absolute Gasteiger partial charge is 0.452 e. The third kappa shape index (κ3) is 6.65. The van der Waals surface area contributed by atoms with Gasteiger partial charge in [-0.3, -0.25) is 9.59 Å². The van der Waals surface area contributed by atoms with Crippen LogP contribution in [0.15, 0.2) is 23.1 Å². The highest BCUT2D eigenvalue weighted by Crippen LogP contribution is 2.23. The zero-order valence-corrected chi connectivity index (χ0v) is 15.0. The van der Waals surface area contributed by atoms with Gasteiger partial charge in [0.2, 0.25) is 0 Å². The molecule has 0 spiro atoms. The van der Waals surface area contributed by atoms with Crippen molar-refractivity contribution < 1.29 is 23.1 Å². The molecule has 2 rings (SSSR count). The number of hydrogen-bond donors (Lipinski definition) is 1. The van der Waals surface area contributed by atoms with Crippen molar-refractivity contribution in [1.29, 1.82) is 0 Å². The number of ether oxygens (including phenoxy) is 1. The number of hydrogen-bond acceptors (Lipinski definition) is 4. The first-order valence-electron chi connectivity index (χ1n) is 8.53. The number of halogens is 2. The number of esters is 1. The van der Waals surface area contributed by atoms with E-state index in [2.05, 4.69) is 5.32 Å². The van der Waals surface area contributed by atoms with E-state index in [9.17, 15) is 18.4 Å². The molecule has 0 bridgehead atoms. The first kappa shape index (κ1) is 19.7. The number of benzene rings is 1. The Hall–Kier alpha value is -1.63. The second-order valence-corrected chi connectivity index (χ2v) is 7.21. The fraction of sp³-hybridized carbons (Fsp3) is 0.556. The van der Waals surface area contributed by atoms with Crippen molar-refractivity contribution in [3.63, 3.8) is 0 Å². The van der Waals surface area contributed by atoms with E-state index in [1.165, 1.54) is 19.8 Å². The third-order valence-electron chi connectivity index (χ3n) is 4.12. The van der Waals surface area contributed by atoms with Crippen LogP contribution < -0.4 is 5.32 Å². The van der Waals surface area contributed by atoms with E-state index in [1.54, 1.807) is 0 Å². The zero-order valence-electron chi connectivity index (χ0n) is 14.2. The average Bonchev–Trinajstić information content (AvgIpc) is 2.84. The Morgan fingerprint density at radius 1 is 1.24 bits per heavy atom. The molecule has 138 valence electrons. The summed E-state index contributed by atoms with van der Waals surface area (Å²) in [7, 11) is 0. The number of carbonyl (C=O) groups excluding carboxylic acids is 2. The van der Waals surface area contributed by atoms with Gasteiger partial charge in [-0.1, -0.05) is 25.7 Å². The van der Waals surface area contributed by atoms with Crippen molar-refractivity contribution in [3.8, 4) is 0 Å². The molecule has 1 saturated carbocycles. The fourth-order valence-corrected chi connectivity index (χ4v) is 3.49. The van der Waals surface area contributed by atoms with Crippen LogP contribution in [0, 0.1) is 11.6 Å². The summed E-state index contributed by atoms with van der Waals surface area (Å²) in [5.74, 6) is -2.33. The molecule has 0 aliphatic heterocycles. The van der Waals surface area contributed by atoms with Crippen molar-refractivity contribution in [1.82, 2.24) is 5.32 Å². The van der Waals surface area contributed by atoms with Crippen molar-refractivity contribution in [2.24, 2.45) is 0 Å². The number of carbonyl (C=O) groups is 2. The predicted octanol–water partition coefficient (Wildman–Crippen LogP) is 3.83. The molecule has 4 nitrogen and oxygen atoms in total. The van der Waals surface area contributed by atoms with E-state index < -0.39 is 23.7 Å². The first-order chi connectivity index (χ1) is 12.0. The van der Waals surface area contributed by atoms with Crippen LogP contribution in [0.1, 0.15) is 45.4 Å². The minimum atomic E-state index is -0.909. The third-order valence-corrected chi connectivity index (χ3v) is 5.12. The lowest BCUT2D eigenvalue weighted by molar-refractivity contribution is -0.152. The Kier molecular flexibility index (Phi) is 7.68. The van der Waals surface area contributed by atoms with Gasteiger partial charge in [0.05, 0.1) is 5.75 Å². The van der Waals surface area contributed by atoms with Crippen LogP contribution in [-0.4, -0.2) is 29.8 Å². The predicted molar refractivity (Wildman–Crippen MR) is 92.3 cm³/mol. The molecule has 0 unspecified atom stereocenters. The SMILES string of the molecule is C[C@H](OC(=O)CSc1cc(F)ccc1F)C(=O)NC1CCCCCC1. The molecule has 1 N–H and O–H groups in total. The summed E-state index contributed by atoms with van der Waals surface area (Å²) in [6.45, 7) is 1.51. The second kappa shape index (κ2) is 9.75. The molecule has 0 aromatic heterocycles. The van der Waals surface area contributed by atoms with Gasteiger partial charge >= 0.3 is 5.97 Å². The standard InChI is InChI=1S/C18H23F2NO3S/c1-12(18(23)21-14-6-4-2-3-5-7-14)24-17(22)11-25-16-10-13(19)8-9-15(16)20/h8-10,12,14H,2-7,11H2,1H3,(H,21,23)/t12-/m0/s1. The van der Waals surface area contributed by atoms with Gasteiger partial charge in [-0.05, 0) is 38.0 Å². The molecule has 0 radical (unpaired) electrons. The molecule has 1 aliphatic rings. The van der Waals surface area contributed by atoms with Crippen molar-refractivity contribution in [3.05, 3.63) is 29.8 Å². The van der Waals surface area contributed by atoms with Crippen LogP contribution in [0.3, 0.4) is 0 Å². The Balaban J connectivity index is 1.76. The maximum atomic E-state index is 13.5. The topological polar surface area (TPSA) is 55.4 Å². The number of thioether (sulfide) groups is 1. The lowest BCUT2D eigenvalue weighted by Gasteiger charge is -2.19. The molecular formula is C18H23F2NO3S. The van der Waals surface area contributed by atoms with E-state index in [1.807, 2.05) is 0 Å². The number of amides is 1. The Bertz CT molecular complexity index is 604. The second-order valence-electron chi connectivity index (χ2n) is 6.19. The average molecular weight is 371 g/mol. The first-order valence-corrected chi connectivity index (χ1v) is 9.52. The summed E-state index contributed by atoms with van der Waals surface area (Å²) in [6.07, 6.45) is 5.54. The molecule has 1 aromatic carbocycles. The molecule has 0 heterocycles. The minimum Gasteiger partial charge on any atom is -0.452 e. The van der Waals surface area contributed by atoms with Crippen LogP contribution in [0.2, 0.25) is 0 Å². The van der Waals surface area contributed by atoms with Gasteiger partial charge in [0.1, 0.15) is 11.6 Å². The highest BCUT2D eigenvalue weighted by Gasteiger charge is 2.22. The minimum absolute atomic E-state index is 0.0347. The lowest BCUT2D eigenvalue weighted by atomic mass is 10.1. The van der Waals surface area contributed by atoms with Gasteiger partial charge in [0.25, 0.3) is 5.91 Å². The smallest absolute Gasteiger partial charge is 0.317 e. The van der Waals surface area contributed by atoms with E-state index >= 15 is 0 Å². The van der Waals surface area contributed by atoms with E-state index in [-0.39, 0.29) is 22.6 Å². The maximum absolute atomic E-state index is 13.5. The summed E-state index contributed by atoms with van der Waals surface area (Å²) >= 11 is 0.840. The monoisotopic (exact) mass is 371 g/mol. The van der Waals surface area contributed by atoms with E-state index in [4.69, 9.17) is 4.74 Å². The van der Waals surface area contributed by atoms with E-state index in [0.717, 1.165) is 55.6 Å². The normalized spacial score (nSPS) is 16.8. The van der Waals surface area contributed by atoms with Gasteiger partial charge in [-0.2, -0.15) is 0 Å². The van der Waals surface area contributed by atoms with Crippen molar-refractivity contribution >= 4 is 23.6 Å². The van der Waals surface area contributed by atoms with Gasteiger partial charge in [0.15, 0.2) is 6.10 Å². The van der Waals surface area contributed by atoms with Crippen LogP contribution in [0.25, 0.3) is 0 Å². The van der Waals surface area contributed by atoms with E-state index in [0.29, 0.717) is 0 Å². The lowest BCUT2D eigenvalue weighted by Crippen LogP contribution is -2.42. The molecule has 25 heavy (non-hydrogen) atoms. The van der Waals surface area contributed by atoms with Crippen LogP contribution in [-0.2, 0) is 14.3 Å². The van der Waals surface area contributed by atoms with Gasteiger partial charge in [0, 0.05) is 10.9 Å². The Morgan fingerprint density at radius 2 is 1.92 bits per heavy atom. The molecule has 7 heteroatoms. The summed E-state index contributed by atoms with van der Waals surface area (Å²) in [4.78, 5) is 24.0. The summed E-state index contributed by atoms with van der Waals surface area (Å²) in [6, 6.07) is 3.17. The van der Waals surface area contributed by atoms with Crippen LogP contribution >= 0.6 is 11.8 Å².